The number of hydrogen-bond donors (Lipinski definition) is 0. The minimum absolute atomic E-state index is 0.0476. The molecule has 1 aromatic heterocycles. The van der Waals surface area contributed by atoms with Crippen LogP contribution < -0.4 is 0 Å². The lowest BCUT2D eigenvalue weighted by molar-refractivity contribution is 0.0644. The Balaban J connectivity index is 1.91. The van der Waals surface area contributed by atoms with Crippen molar-refractivity contribution in [1.29, 1.82) is 0 Å². The summed E-state index contributed by atoms with van der Waals surface area (Å²) in [4.78, 5) is 19.2. The SMILES string of the molecule is Cc1cccc(C(=O)N2CCCCCC2c2nc(C)no2)c1. The second-order valence-electron chi connectivity index (χ2n) is 5.91. The topological polar surface area (TPSA) is 59.2 Å². The molecule has 116 valence electrons. The first-order valence-electron chi connectivity index (χ1n) is 7.83. The molecule has 1 saturated heterocycles. The van der Waals surface area contributed by atoms with E-state index in [0.717, 1.165) is 43.4 Å². The van der Waals surface area contributed by atoms with E-state index in [1.165, 1.54) is 0 Å². The van der Waals surface area contributed by atoms with Crippen molar-refractivity contribution in [2.75, 3.05) is 6.54 Å². The first kappa shape index (κ1) is 14.8. The maximum Gasteiger partial charge on any atom is 0.254 e. The molecule has 1 unspecified atom stereocenters. The Labute approximate surface area is 130 Å². The lowest BCUT2D eigenvalue weighted by atomic mass is 10.1. The van der Waals surface area contributed by atoms with Crippen molar-refractivity contribution in [2.24, 2.45) is 0 Å². The summed E-state index contributed by atoms with van der Waals surface area (Å²) in [6.07, 6.45) is 4.09. The predicted octanol–water partition coefficient (Wildman–Crippen LogP) is 3.44. The fraction of sp³-hybridized carbons (Fsp3) is 0.471. The molecular weight excluding hydrogens is 278 g/mol. The summed E-state index contributed by atoms with van der Waals surface area (Å²) in [5.74, 6) is 1.22. The molecule has 0 saturated carbocycles. The van der Waals surface area contributed by atoms with Gasteiger partial charge in [0.05, 0.1) is 0 Å². The molecule has 0 radical (unpaired) electrons. The second-order valence-corrected chi connectivity index (χ2v) is 5.91. The molecule has 0 spiro atoms. The summed E-state index contributed by atoms with van der Waals surface area (Å²) >= 11 is 0. The number of nitrogens with zero attached hydrogens (tertiary/aromatic N) is 3. The highest BCUT2D eigenvalue weighted by molar-refractivity contribution is 5.94. The summed E-state index contributed by atoms with van der Waals surface area (Å²) in [6, 6.07) is 7.61. The predicted molar refractivity (Wildman–Crippen MR) is 82.5 cm³/mol. The van der Waals surface area contributed by atoms with Crippen LogP contribution in [0.3, 0.4) is 0 Å². The zero-order valence-electron chi connectivity index (χ0n) is 13.1. The van der Waals surface area contributed by atoms with Crippen molar-refractivity contribution in [3.05, 3.63) is 47.1 Å². The van der Waals surface area contributed by atoms with Gasteiger partial charge in [0.2, 0.25) is 5.89 Å². The van der Waals surface area contributed by atoms with Crippen molar-refractivity contribution in [1.82, 2.24) is 15.0 Å². The van der Waals surface area contributed by atoms with Gasteiger partial charge in [0.1, 0.15) is 6.04 Å². The molecule has 2 aromatic rings. The third-order valence-electron chi connectivity index (χ3n) is 4.11. The molecule has 3 rings (SSSR count). The molecule has 1 aliphatic rings. The van der Waals surface area contributed by atoms with Crippen molar-refractivity contribution >= 4 is 5.91 Å². The van der Waals surface area contributed by atoms with E-state index in [1.54, 1.807) is 6.92 Å². The highest BCUT2D eigenvalue weighted by Crippen LogP contribution is 2.30. The largest absolute Gasteiger partial charge is 0.337 e. The van der Waals surface area contributed by atoms with E-state index in [4.69, 9.17) is 4.52 Å². The fourth-order valence-electron chi connectivity index (χ4n) is 3.00. The Morgan fingerprint density at radius 1 is 1.27 bits per heavy atom. The van der Waals surface area contributed by atoms with Crippen molar-refractivity contribution in [2.45, 2.75) is 45.6 Å². The minimum atomic E-state index is -0.114. The monoisotopic (exact) mass is 299 g/mol. The van der Waals surface area contributed by atoms with Gasteiger partial charge in [-0.05, 0) is 38.8 Å². The normalized spacial score (nSPS) is 19.0. The average Bonchev–Trinajstić information content (AvgIpc) is 2.80. The van der Waals surface area contributed by atoms with Crippen molar-refractivity contribution in [3.63, 3.8) is 0 Å². The van der Waals surface area contributed by atoms with Crippen LogP contribution in [0.2, 0.25) is 0 Å². The Hall–Kier alpha value is -2.17. The quantitative estimate of drug-likeness (QED) is 0.852. The second kappa shape index (κ2) is 6.30. The third kappa shape index (κ3) is 3.03. The molecule has 2 heterocycles. The molecule has 0 N–H and O–H groups in total. The standard InChI is InChI=1S/C17H21N3O2/c1-12-7-6-8-14(11-12)17(21)20-10-5-3-4-9-15(20)16-18-13(2)19-22-16/h6-8,11,15H,3-5,9-10H2,1-2H3. The molecule has 22 heavy (non-hydrogen) atoms. The van der Waals surface area contributed by atoms with Crippen molar-refractivity contribution < 1.29 is 9.32 Å². The van der Waals surface area contributed by atoms with Gasteiger partial charge in [-0.1, -0.05) is 35.7 Å². The Kier molecular flexibility index (Phi) is 4.22. The van der Waals surface area contributed by atoms with Gasteiger partial charge < -0.3 is 9.42 Å². The molecule has 1 aromatic carbocycles. The van der Waals surface area contributed by atoms with Crippen LogP contribution >= 0.6 is 0 Å². The number of carbonyl (C=O) groups excluding carboxylic acids is 1. The van der Waals surface area contributed by atoms with E-state index < -0.39 is 0 Å². The molecule has 0 bridgehead atoms. The number of likely N-dealkylation sites (tertiary alicyclic amines) is 1. The van der Waals surface area contributed by atoms with Crippen molar-refractivity contribution in [3.8, 4) is 0 Å². The van der Waals surface area contributed by atoms with Gasteiger partial charge in [-0.15, -0.1) is 0 Å². The summed E-state index contributed by atoms with van der Waals surface area (Å²) in [6.45, 7) is 4.54. The van der Waals surface area contributed by atoms with Gasteiger partial charge in [-0.25, -0.2) is 0 Å². The third-order valence-corrected chi connectivity index (χ3v) is 4.11. The van der Waals surface area contributed by atoms with Crippen LogP contribution in [0.25, 0.3) is 0 Å². The highest BCUT2D eigenvalue weighted by atomic mass is 16.5. The minimum Gasteiger partial charge on any atom is -0.337 e. The summed E-state index contributed by atoms with van der Waals surface area (Å²) in [5.41, 5.74) is 1.81. The van der Waals surface area contributed by atoms with Gasteiger partial charge in [0.25, 0.3) is 5.91 Å². The number of benzene rings is 1. The lowest BCUT2D eigenvalue weighted by Crippen LogP contribution is -2.35. The van der Waals surface area contributed by atoms with E-state index in [1.807, 2.05) is 36.1 Å². The molecule has 1 aliphatic heterocycles. The maximum absolute atomic E-state index is 12.9. The fourth-order valence-corrected chi connectivity index (χ4v) is 3.00. The number of aryl methyl sites for hydroxylation is 2. The molecule has 1 atom stereocenters. The first-order chi connectivity index (χ1) is 10.6. The van der Waals surface area contributed by atoms with Crippen LogP contribution in [0.15, 0.2) is 28.8 Å². The van der Waals surface area contributed by atoms with Gasteiger partial charge >= 0.3 is 0 Å². The molecule has 0 aliphatic carbocycles. The summed E-state index contributed by atoms with van der Waals surface area (Å²) in [5, 5.41) is 3.88. The molecule has 5 heteroatoms. The van der Waals surface area contributed by atoms with E-state index >= 15 is 0 Å². The van der Waals surface area contributed by atoms with Gasteiger partial charge in [0.15, 0.2) is 5.82 Å². The van der Waals surface area contributed by atoms with Crippen LogP contribution in [0.5, 0.6) is 0 Å². The molecule has 5 nitrogen and oxygen atoms in total. The van der Waals surface area contributed by atoms with E-state index in [-0.39, 0.29) is 11.9 Å². The molecule has 1 fully saturated rings. The maximum atomic E-state index is 12.9. The van der Waals surface area contributed by atoms with Crippen LogP contribution in [0.4, 0.5) is 0 Å². The van der Waals surface area contributed by atoms with Crippen LogP contribution in [-0.2, 0) is 0 Å². The van der Waals surface area contributed by atoms with Crippen LogP contribution in [0.1, 0.15) is 59.4 Å². The first-order valence-corrected chi connectivity index (χ1v) is 7.83. The number of amides is 1. The van der Waals surface area contributed by atoms with Gasteiger partial charge in [-0.3, -0.25) is 4.79 Å². The summed E-state index contributed by atoms with van der Waals surface area (Å²) in [7, 11) is 0. The van der Waals surface area contributed by atoms with Crippen LogP contribution in [-0.4, -0.2) is 27.5 Å². The van der Waals surface area contributed by atoms with Gasteiger partial charge in [0, 0.05) is 12.1 Å². The van der Waals surface area contributed by atoms with E-state index in [0.29, 0.717) is 11.7 Å². The number of aromatic nitrogens is 2. The van der Waals surface area contributed by atoms with E-state index in [2.05, 4.69) is 10.1 Å². The zero-order valence-corrected chi connectivity index (χ0v) is 13.1. The lowest BCUT2D eigenvalue weighted by Gasteiger charge is -2.27. The molecular formula is C17H21N3O2. The Morgan fingerprint density at radius 2 is 2.14 bits per heavy atom. The number of hydrogen-bond acceptors (Lipinski definition) is 4. The summed E-state index contributed by atoms with van der Waals surface area (Å²) < 4.78 is 5.34. The highest BCUT2D eigenvalue weighted by Gasteiger charge is 2.31. The average molecular weight is 299 g/mol. The van der Waals surface area contributed by atoms with E-state index in [9.17, 15) is 4.79 Å². The Bertz CT molecular complexity index is 665. The number of carbonyl (C=O) groups is 1. The van der Waals surface area contributed by atoms with Crippen LogP contribution in [0, 0.1) is 13.8 Å². The smallest absolute Gasteiger partial charge is 0.254 e. The van der Waals surface area contributed by atoms with Gasteiger partial charge in [-0.2, -0.15) is 4.98 Å². The zero-order chi connectivity index (χ0) is 15.5. The Morgan fingerprint density at radius 3 is 2.86 bits per heavy atom. The molecule has 1 amide bonds. The number of rotatable bonds is 2.